The van der Waals surface area contributed by atoms with Gasteiger partial charge in [-0.1, -0.05) is 98.6 Å². The number of aliphatic carboxylic acids is 1. The number of aliphatic hydroxyl groups is 9. The highest BCUT2D eigenvalue weighted by atomic mass is 16.6. The van der Waals surface area contributed by atoms with Crippen LogP contribution in [0.3, 0.4) is 0 Å². The Balaban J connectivity index is 1.83. The minimum atomic E-state index is -2.13. The van der Waals surface area contributed by atoms with E-state index in [1.807, 2.05) is 24.3 Å². The molecule has 16 nitrogen and oxygen atoms in total. The van der Waals surface area contributed by atoms with Crippen molar-refractivity contribution >= 4 is 11.9 Å². The second-order valence-corrected chi connectivity index (χ2v) is 17.5. The summed E-state index contributed by atoms with van der Waals surface area (Å²) in [5.41, 5.74) is 6.38. The SMILES string of the molecule is C=C1[C@H](C)OC(=O)C[C@H](O)C[C@H](O)C[C@H](O)CCC[C@H](O)C[C@]2(O)C[C@H](O)[C@@H](C(=O)O)C(C[C@@H](CC3OC(C)C(O)C(N)C3O)/C=C/C=C/C=C/C=C/C=C/C=C/C=C/[C@H](C)[C@H]1O)O2. The third-order valence-electron chi connectivity index (χ3n) is 12.0. The van der Waals surface area contributed by atoms with Crippen molar-refractivity contribution in [1.29, 1.82) is 0 Å². The van der Waals surface area contributed by atoms with E-state index in [-0.39, 0.29) is 62.9 Å². The van der Waals surface area contributed by atoms with Crippen molar-refractivity contribution in [2.24, 2.45) is 23.5 Å². The van der Waals surface area contributed by atoms with E-state index < -0.39 is 122 Å². The molecule has 0 aliphatic carbocycles. The van der Waals surface area contributed by atoms with Crippen LogP contribution in [-0.2, 0) is 23.8 Å². The summed E-state index contributed by atoms with van der Waals surface area (Å²) in [5.74, 6) is -6.60. The maximum atomic E-state index is 12.6. The summed E-state index contributed by atoms with van der Waals surface area (Å²) in [7, 11) is 0. The molecule has 2 saturated heterocycles. The monoisotopic (exact) mass is 903 g/mol. The second kappa shape index (κ2) is 27.1. The van der Waals surface area contributed by atoms with Crippen LogP contribution in [0, 0.1) is 17.8 Å². The lowest BCUT2D eigenvalue weighted by molar-refractivity contribution is -0.299. The first-order valence-corrected chi connectivity index (χ1v) is 22.3. The lowest BCUT2D eigenvalue weighted by Crippen LogP contribution is -2.60. The molecule has 3 rings (SSSR count). The Morgan fingerprint density at radius 1 is 0.750 bits per heavy atom. The summed E-state index contributed by atoms with van der Waals surface area (Å²) in [6.07, 6.45) is 10.5. The fraction of sp³-hybridized carbons (Fsp3) is 0.625. The van der Waals surface area contributed by atoms with Gasteiger partial charge in [0, 0.05) is 18.8 Å². The molecule has 0 saturated carbocycles. The van der Waals surface area contributed by atoms with Gasteiger partial charge in [0.2, 0.25) is 0 Å². The minimum absolute atomic E-state index is 0.0507. The second-order valence-electron chi connectivity index (χ2n) is 17.5. The van der Waals surface area contributed by atoms with Crippen LogP contribution in [0.4, 0.5) is 0 Å². The molecule has 0 aromatic rings. The number of allylic oxidation sites excluding steroid dienone is 13. The smallest absolute Gasteiger partial charge is 0.311 e. The van der Waals surface area contributed by atoms with E-state index in [1.54, 1.807) is 81.5 Å². The number of carbonyl (C=O) groups is 2. The van der Waals surface area contributed by atoms with Crippen molar-refractivity contribution in [2.45, 2.75) is 170 Å². The van der Waals surface area contributed by atoms with E-state index in [4.69, 9.17) is 19.9 Å². The number of hydrogen-bond donors (Lipinski definition) is 11. The largest absolute Gasteiger partial charge is 0.481 e. The number of rotatable bonds is 3. The van der Waals surface area contributed by atoms with Crippen LogP contribution in [0.15, 0.2) is 97.2 Å². The van der Waals surface area contributed by atoms with Crippen LogP contribution in [0.1, 0.15) is 85.0 Å². The lowest BCUT2D eigenvalue weighted by Gasteiger charge is -2.45. The van der Waals surface area contributed by atoms with Crippen molar-refractivity contribution < 1.29 is 74.9 Å². The number of carbonyl (C=O) groups excluding carboxylic acids is 1. The minimum Gasteiger partial charge on any atom is -0.481 e. The molecule has 3 aliphatic heterocycles. The Morgan fingerprint density at radius 2 is 1.30 bits per heavy atom. The Hall–Kier alpha value is -3.62. The number of carboxylic acids is 1. The van der Waals surface area contributed by atoms with Crippen molar-refractivity contribution in [2.75, 3.05) is 0 Å². The predicted molar refractivity (Wildman–Crippen MR) is 239 cm³/mol. The molecule has 0 radical (unpaired) electrons. The van der Waals surface area contributed by atoms with Gasteiger partial charge in [-0.3, -0.25) is 9.59 Å². The van der Waals surface area contributed by atoms with Gasteiger partial charge >= 0.3 is 11.9 Å². The number of esters is 1. The highest BCUT2D eigenvalue weighted by molar-refractivity contribution is 5.71. The molecular weight excluding hydrogens is 831 g/mol. The Bertz CT molecular complexity index is 1670. The van der Waals surface area contributed by atoms with Crippen molar-refractivity contribution in [3.05, 3.63) is 97.2 Å². The molecule has 2 fully saturated rings. The summed E-state index contributed by atoms with van der Waals surface area (Å²) in [5, 5.41) is 107. The maximum Gasteiger partial charge on any atom is 0.311 e. The lowest BCUT2D eigenvalue weighted by atomic mass is 9.79. The van der Waals surface area contributed by atoms with Gasteiger partial charge in [-0.2, -0.15) is 0 Å². The third kappa shape index (κ3) is 18.3. The highest BCUT2D eigenvalue weighted by Crippen LogP contribution is 2.39. The molecule has 6 unspecified atom stereocenters. The van der Waals surface area contributed by atoms with Crippen LogP contribution >= 0.6 is 0 Å². The average molecular weight is 904 g/mol. The molecular formula is C48H73NO15. The molecule has 0 aromatic heterocycles. The molecule has 0 spiro atoms. The molecule has 3 aliphatic rings. The van der Waals surface area contributed by atoms with E-state index in [0.29, 0.717) is 0 Å². The normalized spacial score (nSPS) is 43.7. The molecule has 64 heavy (non-hydrogen) atoms. The van der Waals surface area contributed by atoms with Gasteiger partial charge in [-0.25, -0.2) is 0 Å². The highest BCUT2D eigenvalue weighted by Gasteiger charge is 2.50. The van der Waals surface area contributed by atoms with Crippen LogP contribution in [-0.4, -0.2) is 148 Å². The predicted octanol–water partition coefficient (Wildman–Crippen LogP) is 2.32. The first kappa shape index (κ1) is 54.7. The van der Waals surface area contributed by atoms with Gasteiger partial charge in [0.1, 0.15) is 12.0 Å². The third-order valence-corrected chi connectivity index (χ3v) is 12.0. The van der Waals surface area contributed by atoms with E-state index >= 15 is 0 Å². The molecule has 0 amide bonds. The Kier molecular flexibility index (Phi) is 23.2. The molecule has 17 atom stereocenters. The summed E-state index contributed by atoms with van der Waals surface area (Å²) >= 11 is 0. The number of aliphatic hydroxyl groups excluding tert-OH is 8. The van der Waals surface area contributed by atoms with Crippen molar-refractivity contribution in [3.63, 3.8) is 0 Å². The number of nitrogens with two attached hydrogens (primary N) is 1. The first-order chi connectivity index (χ1) is 30.2. The quantitative estimate of drug-likeness (QED) is 0.143. The summed E-state index contributed by atoms with van der Waals surface area (Å²) in [6.45, 7) is 8.87. The van der Waals surface area contributed by atoms with Gasteiger partial charge in [0.05, 0.1) is 79.6 Å². The summed E-state index contributed by atoms with van der Waals surface area (Å²) < 4.78 is 17.4. The van der Waals surface area contributed by atoms with Gasteiger partial charge in [0.25, 0.3) is 0 Å². The first-order valence-electron chi connectivity index (χ1n) is 22.3. The Morgan fingerprint density at radius 3 is 1.89 bits per heavy atom. The average Bonchev–Trinajstić information content (AvgIpc) is 3.20. The number of fused-ring (bicyclic) bond motifs is 2. The standard InChI is InChI=1S/C48H73NO15/c1-29-18-15-13-11-9-7-5-6-8-10-12-14-16-19-33(23-40-46(58)43(49)45(57)32(4)62-40)22-39-42(47(59)60)38(54)28-48(61,64-39)27-35(51)21-17-20-34(50)24-36(52)25-37(53)26-41(55)63-31(3)30(2)44(29)56/h5-16,18-19,29,31-40,42-46,50-54,56-58,61H,2,17,20-28,49H2,1,3-4H3,(H,59,60)/b6-5+,9-7+,10-8+,13-11+,14-12+,18-15+,19-16+/t29-,31-,32?,33-,34+,35-,36+,37+,38-,39?,40?,42+,43?,44+,45?,46?,48+/m0/s1. The maximum absolute atomic E-state index is 12.6. The van der Waals surface area contributed by atoms with E-state index in [2.05, 4.69) is 6.58 Å². The van der Waals surface area contributed by atoms with Gasteiger partial charge < -0.3 is 71.0 Å². The van der Waals surface area contributed by atoms with Crippen molar-refractivity contribution in [1.82, 2.24) is 0 Å². The number of hydrogen-bond acceptors (Lipinski definition) is 15. The zero-order valence-electron chi connectivity index (χ0n) is 37.2. The number of carboxylic acid groups (broad SMARTS) is 1. The molecule has 2 bridgehead atoms. The zero-order chi connectivity index (χ0) is 47.6. The van der Waals surface area contributed by atoms with Gasteiger partial charge in [0.15, 0.2) is 5.79 Å². The van der Waals surface area contributed by atoms with Crippen LogP contribution in [0.5, 0.6) is 0 Å². The van der Waals surface area contributed by atoms with Gasteiger partial charge in [-0.05, 0) is 70.3 Å². The molecule has 3 heterocycles. The van der Waals surface area contributed by atoms with Crippen molar-refractivity contribution in [3.8, 4) is 0 Å². The van der Waals surface area contributed by atoms with E-state index in [0.717, 1.165) is 0 Å². The zero-order valence-corrected chi connectivity index (χ0v) is 37.2. The van der Waals surface area contributed by atoms with Crippen LogP contribution in [0.2, 0.25) is 0 Å². The van der Waals surface area contributed by atoms with E-state index in [1.165, 1.54) is 0 Å². The van der Waals surface area contributed by atoms with Gasteiger partial charge in [-0.15, -0.1) is 0 Å². The molecule has 12 N–H and O–H groups in total. The van der Waals surface area contributed by atoms with E-state index in [9.17, 15) is 60.7 Å². The summed E-state index contributed by atoms with van der Waals surface area (Å²) in [4.78, 5) is 25.1. The summed E-state index contributed by atoms with van der Waals surface area (Å²) in [6, 6.07) is -1.00. The Labute approximate surface area is 376 Å². The topological polar surface area (TPSA) is 290 Å². The van der Waals surface area contributed by atoms with Crippen LogP contribution < -0.4 is 5.73 Å². The fourth-order valence-corrected chi connectivity index (χ4v) is 8.28. The number of cyclic esters (lactones) is 1. The van der Waals surface area contributed by atoms with Crippen LogP contribution in [0.25, 0.3) is 0 Å². The molecule has 0 aromatic carbocycles. The number of ether oxygens (including phenoxy) is 3. The fourth-order valence-electron chi connectivity index (χ4n) is 8.28. The molecule has 16 heteroatoms. The molecule has 360 valence electrons.